The number of ether oxygens (including phenoxy) is 1. The predicted molar refractivity (Wildman–Crippen MR) is 67.0 cm³/mol. The number of pyridine rings is 1. The third-order valence-corrected chi connectivity index (χ3v) is 2.30. The van der Waals surface area contributed by atoms with Gasteiger partial charge in [0.05, 0.1) is 6.61 Å². The summed E-state index contributed by atoms with van der Waals surface area (Å²) in [4.78, 5) is 4.17. The van der Waals surface area contributed by atoms with Crippen molar-refractivity contribution in [2.24, 2.45) is 5.92 Å². The molecule has 3 nitrogen and oxygen atoms in total. The van der Waals surface area contributed by atoms with Crippen LogP contribution in [0.2, 0.25) is 5.02 Å². The van der Waals surface area contributed by atoms with E-state index in [1.807, 2.05) is 13.0 Å². The molecule has 0 unspecified atom stereocenters. The molecule has 0 spiro atoms. The van der Waals surface area contributed by atoms with Crippen LogP contribution >= 0.6 is 11.6 Å². The van der Waals surface area contributed by atoms with Crippen LogP contribution in [0, 0.1) is 5.92 Å². The first-order chi connectivity index (χ1) is 7.63. The van der Waals surface area contributed by atoms with Crippen molar-refractivity contribution in [3.63, 3.8) is 0 Å². The molecule has 0 aliphatic carbocycles. The second-order valence-corrected chi connectivity index (χ2v) is 4.50. The van der Waals surface area contributed by atoms with E-state index in [0.717, 1.165) is 18.7 Å². The molecule has 0 saturated carbocycles. The number of nitrogens with zero attached hydrogens (tertiary/aromatic N) is 1. The summed E-state index contributed by atoms with van der Waals surface area (Å²) in [7, 11) is 0. The maximum atomic E-state index is 6.03. The summed E-state index contributed by atoms with van der Waals surface area (Å²) < 4.78 is 5.27. The standard InChI is InChI=1S/C12H19ClN2O/c1-4-16-12-11(13)5-10(8-15-12)7-14-6-9(2)3/h5,8-9,14H,4,6-7H2,1-3H3. The van der Waals surface area contributed by atoms with E-state index in [0.29, 0.717) is 23.4 Å². The molecule has 0 atom stereocenters. The molecule has 90 valence electrons. The highest BCUT2D eigenvalue weighted by molar-refractivity contribution is 6.31. The van der Waals surface area contributed by atoms with Crippen LogP contribution < -0.4 is 10.1 Å². The van der Waals surface area contributed by atoms with Crippen molar-refractivity contribution in [2.45, 2.75) is 27.3 Å². The minimum Gasteiger partial charge on any atom is -0.477 e. The monoisotopic (exact) mass is 242 g/mol. The van der Waals surface area contributed by atoms with Crippen LogP contribution in [0.1, 0.15) is 26.3 Å². The van der Waals surface area contributed by atoms with Gasteiger partial charge in [-0.1, -0.05) is 25.4 Å². The normalized spacial score (nSPS) is 10.8. The Hall–Kier alpha value is -0.800. The first kappa shape index (κ1) is 13.3. The molecule has 4 heteroatoms. The molecule has 0 aliphatic rings. The smallest absolute Gasteiger partial charge is 0.232 e. The van der Waals surface area contributed by atoms with Crippen LogP contribution in [0.4, 0.5) is 0 Å². The number of nitrogens with one attached hydrogen (secondary N) is 1. The Balaban J connectivity index is 2.52. The Morgan fingerprint density at radius 1 is 1.50 bits per heavy atom. The van der Waals surface area contributed by atoms with E-state index < -0.39 is 0 Å². The Labute approximate surface area is 102 Å². The minimum atomic E-state index is 0.511. The molecular formula is C12H19ClN2O. The third kappa shape index (κ3) is 4.37. The largest absolute Gasteiger partial charge is 0.477 e. The zero-order valence-corrected chi connectivity index (χ0v) is 10.8. The molecule has 16 heavy (non-hydrogen) atoms. The van der Waals surface area contributed by atoms with Gasteiger partial charge in [-0.3, -0.25) is 0 Å². The number of rotatable bonds is 6. The van der Waals surface area contributed by atoms with Crippen LogP contribution in [-0.2, 0) is 6.54 Å². The van der Waals surface area contributed by atoms with E-state index in [2.05, 4.69) is 24.1 Å². The van der Waals surface area contributed by atoms with Gasteiger partial charge in [-0.05, 0) is 31.0 Å². The summed E-state index contributed by atoms with van der Waals surface area (Å²) in [6.45, 7) is 8.63. The van der Waals surface area contributed by atoms with Gasteiger partial charge in [0.1, 0.15) is 5.02 Å². The van der Waals surface area contributed by atoms with Crippen LogP contribution in [0.15, 0.2) is 12.3 Å². The highest BCUT2D eigenvalue weighted by Crippen LogP contribution is 2.22. The lowest BCUT2D eigenvalue weighted by Gasteiger charge is -2.09. The fraction of sp³-hybridized carbons (Fsp3) is 0.583. The minimum absolute atomic E-state index is 0.511. The molecule has 0 aliphatic heterocycles. The Morgan fingerprint density at radius 3 is 2.81 bits per heavy atom. The van der Waals surface area contributed by atoms with Crippen molar-refractivity contribution in [1.82, 2.24) is 10.3 Å². The van der Waals surface area contributed by atoms with Crippen molar-refractivity contribution in [3.8, 4) is 5.88 Å². The number of hydrogen-bond acceptors (Lipinski definition) is 3. The molecule has 1 heterocycles. The van der Waals surface area contributed by atoms with Gasteiger partial charge in [-0.15, -0.1) is 0 Å². The van der Waals surface area contributed by atoms with Gasteiger partial charge in [0, 0.05) is 12.7 Å². The van der Waals surface area contributed by atoms with E-state index in [9.17, 15) is 0 Å². The zero-order chi connectivity index (χ0) is 12.0. The van der Waals surface area contributed by atoms with Crippen LogP contribution in [0.5, 0.6) is 5.88 Å². The van der Waals surface area contributed by atoms with Crippen LogP contribution in [0.3, 0.4) is 0 Å². The first-order valence-corrected chi connectivity index (χ1v) is 5.99. The van der Waals surface area contributed by atoms with E-state index in [1.54, 1.807) is 6.20 Å². The fourth-order valence-electron chi connectivity index (χ4n) is 1.31. The first-order valence-electron chi connectivity index (χ1n) is 5.61. The topological polar surface area (TPSA) is 34.1 Å². The second-order valence-electron chi connectivity index (χ2n) is 4.09. The van der Waals surface area contributed by atoms with Crippen molar-refractivity contribution < 1.29 is 4.74 Å². The molecule has 0 amide bonds. The van der Waals surface area contributed by atoms with Crippen LogP contribution in [-0.4, -0.2) is 18.1 Å². The molecule has 1 N–H and O–H groups in total. The molecule has 0 fully saturated rings. The molecular weight excluding hydrogens is 224 g/mol. The maximum Gasteiger partial charge on any atom is 0.232 e. The number of hydrogen-bond donors (Lipinski definition) is 1. The Bertz CT molecular complexity index is 329. The average Bonchev–Trinajstić information content (AvgIpc) is 2.21. The van der Waals surface area contributed by atoms with Crippen LogP contribution in [0.25, 0.3) is 0 Å². The molecule has 1 aromatic rings. The zero-order valence-electron chi connectivity index (χ0n) is 10.1. The van der Waals surface area contributed by atoms with E-state index in [4.69, 9.17) is 16.3 Å². The van der Waals surface area contributed by atoms with Crippen molar-refractivity contribution in [2.75, 3.05) is 13.2 Å². The highest BCUT2D eigenvalue weighted by Gasteiger charge is 2.04. The molecule has 0 saturated heterocycles. The molecule has 0 bridgehead atoms. The van der Waals surface area contributed by atoms with Crippen molar-refractivity contribution in [3.05, 3.63) is 22.8 Å². The summed E-state index contributed by atoms with van der Waals surface area (Å²) in [6, 6.07) is 1.90. The molecule has 1 rings (SSSR count). The Kier molecular flexibility index (Phi) is 5.56. The summed E-state index contributed by atoms with van der Waals surface area (Å²) >= 11 is 6.03. The molecule has 0 radical (unpaired) electrons. The molecule has 0 aromatic carbocycles. The van der Waals surface area contributed by atoms with Gasteiger partial charge >= 0.3 is 0 Å². The summed E-state index contributed by atoms with van der Waals surface area (Å²) in [5.74, 6) is 1.16. The SMILES string of the molecule is CCOc1ncc(CNCC(C)C)cc1Cl. The molecule has 1 aromatic heterocycles. The number of aromatic nitrogens is 1. The predicted octanol–water partition coefficient (Wildman–Crippen LogP) is 2.88. The average molecular weight is 243 g/mol. The number of halogens is 1. The second kappa shape index (κ2) is 6.71. The van der Waals surface area contributed by atoms with Gasteiger partial charge in [0.2, 0.25) is 5.88 Å². The summed E-state index contributed by atoms with van der Waals surface area (Å²) in [6.07, 6.45) is 1.80. The lowest BCUT2D eigenvalue weighted by atomic mass is 10.2. The fourth-order valence-corrected chi connectivity index (χ4v) is 1.55. The van der Waals surface area contributed by atoms with Gasteiger partial charge in [-0.2, -0.15) is 0 Å². The van der Waals surface area contributed by atoms with E-state index >= 15 is 0 Å². The summed E-state index contributed by atoms with van der Waals surface area (Å²) in [5.41, 5.74) is 1.08. The van der Waals surface area contributed by atoms with Gasteiger partial charge < -0.3 is 10.1 Å². The Morgan fingerprint density at radius 2 is 2.25 bits per heavy atom. The lowest BCUT2D eigenvalue weighted by Crippen LogP contribution is -2.19. The van der Waals surface area contributed by atoms with Crippen molar-refractivity contribution in [1.29, 1.82) is 0 Å². The lowest BCUT2D eigenvalue weighted by molar-refractivity contribution is 0.327. The quantitative estimate of drug-likeness (QED) is 0.833. The highest BCUT2D eigenvalue weighted by atomic mass is 35.5. The van der Waals surface area contributed by atoms with E-state index in [1.165, 1.54) is 0 Å². The maximum absolute atomic E-state index is 6.03. The summed E-state index contributed by atoms with van der Waals surface area (Å²) in [5, 5.41) is 3.92. The van der Waals surface area contributed by atoms with E-state index in [-0.39, 0.29) is 0 Å². The van der Waals surface area contributed by atoms with Gasteiger partial charge in [-0.25, -0.2) is 4.98 Å². The van der Waals surface area contributed by atoms with Gasteiger partial charge in [0.15, 0.2) is 0 Å². The van der Waals surface area contributed by atoms with Crippen molar-refractivity contribution >= 4 is 11.6 Å². The van der Waals surface area contributed by atoms with Gasteiger partial charge in [0.25, 0.3) is 0 Å². The third-order valence-electron chi connectivity index (χ3n) is 2.03.